The Bertz CT molecular complexity index is 407. The monoisotopic (exact) mass is 422 g/mol. The van der Waals surface area contributed by atoms with E-state index in [1.165, 1.54) is 0 Å². The van der Waals surface area contributed by atoms with Crippen LogP contribution in [0.15, 0.2) is 22.8 Å². The summed E-state index contributed by atoms with van der Waals surface area (Å²) in [5.74, 6) is 2.37. The van der Waals surface area contributed by atoms with Crippen LogP contribution in [-0.2, 0) is 0 Å². The van der Waals surface area contributed by atoms with Gasteiger partial charge < -0.3 is 0 Å². The summed E-state index contributed by atoms with van der Waals surface area (Å²) in [6.07, 6.45) is 2.59. The smallest absolute Gasteiger partial charge is 0.0526 e. The van der Waals surface area contributed by atoms with Gasteiger partial charge >= 0.3 is 0 Å². The van der Waals surface area contributed by atoms with Crippen LogP contribution in [0, 0.1) is 23.7 Å². The summed E-state index contributed by atoms with van der Waals surface area (Å²) in [5, 5.41) is -0.254. The first kappa shape index (κ1) is 18.9. The van der Waals surface area contributed by atoms with E-state index in [0.29, 0.717) is 23.7 Å². The van der Waals surface area contributed by atoms with E-state index in [4.69, 9.17) is 0 Å². The van der Waals surface area contributed by atoms with E-state index in [1.54, 1.807) is 16.7 Å². The Morgan fingerprint density at radius 2 is 1.35 bits per heavy atom. The van der Waals surface area contributed by atoms with Crippen LogP contribution in [0.2, 0.25) is 0 Å². The predicted octanol–water partition coefficient (Wildman–Crippen LogP) is 7.69. The lowest BCUT2D eigenvalue weighted by molar-refractivity contribution is 0.519. The minimum atomic E-state index is -0.409. The van der Waals surface area contributed by atoms with Gasteiger partial charge in [0, 0.05) is 5.33 Å². The SMILES string of the molecule is CC(C)C1=CC(C(C)C)(P(Br)Br)C(C(C)C)=C1C(C)C. The highest BCUT2D eigenvalue weighted by Crippen LogP contribution is 2.72. The Labute approximate surface area is 143 Å². The molecule has 0 heterocycles. The Morgan fingerprint density at radius 3 is 1.60 bits per heavy atom. The third kappa shape index (κ3) is 3.13. The summed E-state index contributed by atoms with van der Waals surface area (Å²) in [7, 11) is 0. The molecule has 0 spiro atoms. The van der Waals surface area contributed by atoms with Crippen LogP contribution >= 0.6 is 36.3 Å². The first-order valence-corrected chi connectivity index (χ1v) is 13.0. The van der Waals surface area contributed by atoms with Gasteiger partial charge in [0.05, 0.1) is 5.16 Å². The minimum absolute atomic E-state index is 0.155. The molecule has 0 radical (unpaired) electrons. The second kappa shape index (κ2) is 6.97. The zero-order chi connectivity index (χ0) is 15.8. The van der Waals surface area contributed by atoms with Crippen molar-refractivity contribution in [3.63, 3.8) is 0 Å². The molecule has 1 aliphatic carbocycles. The zero-order valence-corrected chi connectivity index (χ0v) is 18.2. The normalized spacial score (nSPS) is 24.1. The Hall–Kier alpha value is 0.870. The molecule has 0 saturated carbocycles. The quantitative estimate of drug-likeness (QED) is 0.397. The molecule has 1 rings (SSSR count). The average Bonchev–Trinajstić information content (AvgIpc) is 2.65. The second-order valence-electron chi connectivity index (χ2n) is 7.10. The molecular formula is C17H29Br2P. The highest BCUT2D eigenvalue weighted by molar-refractivity contribution is 9.69. The zero-order valence-electron chi connectivity index (χ0n) is 14.1. The van der Waals surface area contributed by atoms with Crippen molar-refractivity contribution in [1.82, 2.24) is 0 Å². The van der Waals surface area contributed by atoms with E-state index in [2.05, 4.69) is 92.4 Å². The third-order valence-electron chi connectivity index (χ3n) is 4.34. The number of hydrogen-bond donors (Lipinski definition) is 0. The van der Waals surface area contributed by atoms with Crippen LogP contribution in [0.25, 0.3) is 0 Å². The summed E-state index contributed by atoms with van der Waals surface area (Å²) >= 11 is 7.85. The van der Waals surface area contributed by atoms with Crippen molar-refractivity contribution in [1.29, 1.82) is 0 Å². The lowest BCUT2D eigenvalue weighted by Gasteiger charge is -2.39. The fourth-order valence-electron chi connectivity index (χ4n) is 3.47. The summed E-state index contributed by atoms with van der Waals surface area (Å²) in [6.45, 7) is 18.8. The maximum atomic E-state index is 3.92. The number of halogens is 2. The molecule has 3 heteroatoms. The molecule has 20 heavy (non-hydrogen) atoms. The molecule has 0 aromatic carbocycles. The standard InChI is InChI=1S/C17H29Br2P/c1-10(2)14-9-17(13(7)8,20(18)19)16(12(5)6)15(14)11(3)4/h9-13H,1-8H3. The topological polar surface area (TPSA) is 0 Å². The van der Waals surface area contributed by atoms with Crippen LogP contribution in [0.5, 0.6) is 0 Å². The van der Waals surface area contributed by atoms with Gasteiger partial charge in [0.2, 0.25) is 0 Å². The van der Waals surface area contributed by atoms with Crippen LogP contribution in [0.1, 0.15) is 55.4 Å². The van der Waals surface area contributed by atoms with Crippen LogP contribution in [0.4, 0.5) is 0 Å². The Balaban J connectivity index is 3.68. The Morgan fingerprint density at radius 1 is 0.850 bits per heavy atom. The molecule has 1 aliphatic rings. The van der Waals surface area contributed by atoms with E-state index in [9.17, 15) is 0 Å². The molecule has 0 N–H and O–H groups in total. The number of rotatable bonds is 5. The highest BCUT2D eigenvalue weighted by atomic mass is 79.9. The second-order valence-corrected chi connectivity index (χ2v) is 15.4. The molecule has 1 atom stereocenters. The number of hydrogen-bond acceptors (Lipinski definition) is 0. The molecule has 0 bridgehead atoms. The molecule has 116 valence electrons. The van der Waals surface area contributed by atoms with Crippen molar-refractivity contribution in [2.45, 2.75) is 60.5 Å². The largest absolute Gasteiger partial charge is 0.0644 e. The fourth-order valence-corrected chi connectivity index (χ4v) is 8.88. The predicted molar refractivity (Wildman–Crippen MR) is 102 cm³/mol. The van der Waals surface area contributed by atoms with Gasteiger partial charge in [-0.3, -0.25) is 0 Å². The van der Waals surface area contributed by atoms with Crippen LogP contribution < -0.4 is 0 Å². The molecule has 0 nitrogen and oxygen atoms in total. The van der Waals surface area contributed by atoms with Gasteiger partial charge in [-0.15, -0.1) is 0 Å². The van der Waals surface area contributed by atoms with Crippen molar-refractivity contribution in [3.8, 4) is 0 Å². The van der Waals surface area contributed by atoms with Crippen molar-refractivity contribution < 1.29 is 0 Å². The van der Waals surface area contributed by atoms with Gasteiger partial charge in [-0.2, -0.15) is 0 Å². The lowest BCUT2D eigenvalue weighted by atomic mass is 9.80. The molecular weight excluding hydrogens is 395 g/mol. The van der Waals surface area contributed by atoms with E-state index in [0.717, 1.165) is 0 Å². The van der Waals surface area contributed by atoms with Crippen molar-refractivity contribution in [3.05, 3.63) is 22.8 Å². The van der Waals surface area contributed by atoms with E-state index in [1.807, 2.05) is 0 Å². The first-order chi connectivity index (χ1) is 9.07. The highest BCUT2D eigenvalue weighted by Gasteiger charge is 2.48. The van der Waals surface area contributed by atoms with Crippen LogP contribution in [0.3, 0.4) is 0 Å². The van der Waals surface area contributed by atoms with Crippen molar-refractivity contribution in [2.24, 2.45) is 23.7 Å². The van der Waals surface area contributed by atoms with E-state index in [-0.39, 0.29) is 5.16 Å². The Kier molecular flexibility index (Phi) is 6.59. The van der Waals surface area contributed by atoms with Crippen LogP contribution in [-0.4, -0.2) is 5.16 Å². The maximum Gasteiger partial charge on any atom is 0.0526 e. The van der Waals surface area contributed by atoms with Gasteiger partial charge in [0.15, 0.2) is 0 Å². The average molecular weight is 424 g/mol. The van der Waals surface area contributed by atoms with Gasteiger partial charge in [-0.05, 0) is 71.4 Å². The van der Waals surface area contributed by atoms with Crippen molar-refractivity contribution >= 4 is 36.3 Å². The summed E-state index contributed by atoms with van der Waals surface area (Å²) in [4.78, 5) is 0. The van der Waals surface area contributed by atoms with E-state index < -0.39 is 5.33 Å². The molecule has 1 unspecified atom stereocenters. The summed E-state index contributed by atoms with van der Waals surface area (Å²) in [5.41, 5.74) is 4.85. The first-order valence-electron chi connectivity index (χ1n) is 7.66. The fraction of sp³-hybridized carbons (Fsp3) is 0.765. The lowest BCUT2D eigenvalue weighted by Crippen LogP contribution is -2.32. The molecule has 0 fully saturated rings. The minimum Gasteiger partial charge on any atom is -0.0644 e. The maximum absolute atomic E-state index is 3.92. The molecule has 0 saturated heterocycles. The van der Waals surface area contributed by atoms with Gasteiger partial charge in [-0.25, -0.2) is 0 Å². The number of allylic oxidation sites excluding steroid dienone is 4. The molecule has 0 aromatic rings. The molecule has 0 aliphatic heterocycles. The summed E-state index contributed by atoms with van der Waals surface area (Å²) < 4.78 is 0. The van der Waals surface area contributed by atoms with Gasteiger partial charge in [0.25, 0.3) is 0 Å². The van der Waals surface area contributed by atoms with Gasteiger partial charge in [0.1, 0.15) is 0 Å². The third-order valence-corrected chi connectivity index (χ3v) is 9.31. The summed E-state index contributed by atoms with van der Waals surface area (Å²) in [6, 6.07) is 0. The molecule has 0 aromatic heterocycles. The van der Waals surface area contributed by atoms with Gasteiger partial charge in [-0.1, -0.05) is 61.5 Å². The van der Waals surface area contributed by atoms with E-state index >= 15 is 0 Å². The van der Waals surface area contributed by atoms with Crippen molar-refractivity contribution in [2.75, 3.05) is 0 Å². The molecule has 0 amide bonds.